The maximum Gasteiger partial charge on any atom is 0.225 e. The first kappa shape index (κ1) is 18.6. The van der Waals surface area contributed by atoms with E-state index in [1.54, 1.807) is 11.8 Å². The number of nitrogens with zero attached hydrogens (tertiary/aromatic N) is 1. The van der Waals surface area contributed by atoms with Crippen LogP contribution < -0.4 is 5.32 Å². The van der Waals surface area contributed by atoms with Crippen LogP contribution in [0, 0.1) is 0 Å². The van der Waals surface area contributed by atoms with Crippen LogP contribution in [0.5, 0.6) is 0 Å². The average molecular weight is 390 g/mol. The number of fused-ring (bicyclic) bond motifs is 2. The average Bonchev–Trinajstić information content (AvgIpc) is 3.15. The largest absolute Gasteiger partial charge is 0.346 e. The first-order valence-corrected chi connectivity index (χ1v) is 10.8. The molecule has 4 aromatic rings. The number of imidazole rings is 1. The van der Waals surface area contributed by atoms with Gasteiger partial charge >= 0.3 is 0 Å². The zero-order valence-corrected chi connectivity index (χ0v) is 16.6. The van der Waals surface area contributed by atoms with E-state index in [0.717, 1.165) is 45.4 Å². The van der Waals surface area contributed by atoms with Crippen LogP contribution in [0.15, 0.2) is 66.7 Å². The van der Waals surface area contributed by atoms with E-state index in [9.17, 15) is 4.79 Å². The van der Waals surface area contributed by atoms with E-state index in [-0.39, 0.29) is 11.9 Å². The molecule has 0 aliphatic carbocycles. The molecule has 0 aliphatic rings. The summed E-state index contributed by atoms with van der Waals surface area (Å²) >= 11 is 1.77. The molecule has 0 fully saturated rings. The SMILES string of the molecule is CSCC[C@H](NC(=O)Cc1cccc2ccccc12)c1nc2ccccc2[nH]1. The summed E-state index contributed by atoms with van der Waals surface area (Å²) in [5, 5.41) is 5.48. The minimum Gasteiger partial charge on any atom is -0.346 e. The van der Waals surface area contributed by atoms with E-state index in [1.165, 1.54) is 0 Å². The molecule has 1 aromatic heterocycles. The van der Waals surface area contributed by atoms with Crippen molar-refractivity contribution in [3.05, 3.63) is 78.1 Å². The van der Waals surface area contributed by atoms with E-state index >= 15 is 0 Å². The fourth-order valence-electron chi connectivity index (χ4n) is 3.52. The molecule has 0 saturated heterocycles. The molecule has 1 atom stereocenters. The van der Waals surface area contributed by atoms with Gasteiger partial charge in [-0.2, -0.15) is 11.8 Å². The van der Waals surface area contributed by atoms with E-state index in [0.29, 0.717) is 6.42 Å². The quantitative estimate of drug-likeness (QED) is 0.474. The normalized spacial score (nSPS) is 12.3. The molecular formula is C23H23N3OS. The van der Waals surface area contributed by atoms with Gasteiger partial charge in [-0.15, -0.1) is 0 Å². The van der Waals surface area contributed by atoms with Crippen LogP contribution in [0.4, 0.5) is 0 Å². The highest BCUT2D eigenvalue weighted by molar-refractivity contribution is 7.98. The molecule has 0 spiro atoms. The van der Waals surface area contributed by atoms with Crippen LogP contribution in [0.3, 0.4) is 0 Å². The van der Waals surface area contributed by atoms with Crippen molar-refractivity contribution in [2.45, 2.75) is 18.9 Å². The molecule has 1 amide bonds. The minimum atomic E-state index is -0.123. The van der Waals surface area contributed by atoms with Gasteiger partial charge in [0.1, 0.15) is 5.82 Å². The molecule has 28 heavy (non-hydrogen) atoms. The number of aromatic nitrogens is 2. The van der Waals surface area contributed by atoms with Gasteiger partial charge in [-0.1, -0.05) is 54.6 Å². The third-order valence-electron chi connectivity index (χ3n) is 4.91. The van der Waals surface area contributed by atoms with Gasteiger partial charge in [-0.3, -0.25) is 4.79 Å². The summed E-state index contributed by atoms with van der Waals surface area (Å²) in [7, 11) is 0. The standard InChI is InChI=1S/C23H23N3OS/c1-28-14-13-21(23-25-19-11-4-5-12-20(19)26-23)24-22(27)15-17-9-6-8-16-7-2-3-10-18(16)17/h2-12,21H,13-15H2,1H3,(H,24,27)(H,25,26)/t21-/m0/s1. The zero-order chi connectivity index (χ0) is 19.3. The second-order valence-electron chi connectivity index (χ2n) is 6.86. The van der Waals surface area contributed by atoms with Crippen molar-refractivity contribution < 1.29 is 4.79 Å². The summed E-state index contributed by atoms with van der Waals surface area (Å²) in [6.07, 6.45) is 3.27. The number of hydrogen-bond donors (Lipinski definition) is 2. The number of nitrogens with one attached hydrogen (secondary N) is 2. The van der Waals surface area contributed by atoms with Crippen molar-refractivity contribution in [2.75, 3.05) is 12.0 Å². The maximum atomic E-state index is 12.9. The van der Waals surface area contributed by atoms with Crippen molar-refractivity contribution in [1.29, 1.82) is 0 Å². The summed E-state index contributed by atoms with van der Waals surface area (Å²) in [6, 6.07) is 22.1. The van der Waals surface area contributed by atoms with E-state index in [4.69, 9.17) is 4.98 Å². The van der Waals surface area contributed by atoms with E-state index in [2.05, 4.69) is 34.8 Å². The highest BCUT2D eigenvalue weighted by atomic mass is 32.2. The predicted molar refractivity (Wildman–Crippen MR) is 118 cm³/mol. The number of aromatic amines is 1. The third kappa shape index (κ3) is 4.04. The molecular weight excluding hydrogens is 366 g/mol. The first-order chi connectivity index (χ1) is 13.7. The van der Waals surface area contributed by atoms with Crippen molar-refractivity contribution >= 4 is 39.5 Å². The van der Waals surface area contributed by atoms with Crippen LogP contribution >= 0.6 is 11.8 Å². The Morgan fingerprint density at radius 3 is 2.71 bits per heavy atom. The summed E-state index contributed by atoms with van der Waals surface area (Å²) < 4.78 is 0. The monoisotopic (exact) mass is 389 g/mol. The zero-order valence-electron chi connectivity index (χ0n) is 15.8. The number of carbonyl (C=O) groups is 1. The van der Waals surface area contributed by atoms with Crippen molar-refractivity contribution in [3.63, 3.8) is 0 Å². The Kier molecular flexibility index (Phi) is 5.63. The van der Waals surface area contributed by atoms with Gasteiger partial charge in [-0.05, 0) is 46.9 Å². The Balaban J connectivity index is 1.55. The maximum absolute atomic E-state index is 12.9. The van der Waals surface area contributed by atoms with Gasteiger partial charge in [0.25, 0.3) is 0 Å². The Bertz CT molecular complexity index is 1070. The molecule has 0 aliphatic heterocycles. The van der Waals surface area contributed by atoms with Gasteiger partial charge in [0.05, 0.1) is 23.5 Å². The molecule has 4 rings (SSSR count). The highest BCUT2D eigenvalue weighted by Crippen LogP contribution is 2.22. The molecule has 0 unspecified atom stereocenters. The van der Waals surface area contributed by atoms with Crippen LogP contribution in [-0.2, 0) is 11.2 Å². The lowest BCUT2D eigenvalue weighted by atomic mass is 10.0. The van der Waals surface area contributed by atoms with Gasteiger partial charge in [0.15, 0.2) is 0 Å². The number of thioether (sulfide) groups is 1. The minimum absolute atomic E-state index is 0.0166. The molecule has 142 valence electrons. The topological polar surface area (TPSA) is 57.8 Å². The fraction of sp³-hybridized carbons (Fsp3) is 0.217. The van der Waals surface area contributed by atoms with Gasteiger partial charge in [0, 0.05) is 0 Å². The van der Waals surface area contributed by atoms with Crippen molar-refractivity contribution in [1.82, 2.24) is 15.3 Å². The fourth-order valence-corrected chi connectivity index (χ4v) is 3.99. The van der Waals surface area contributed by atoms with Gasteiger partial charge in [-0.25, -0.2) is 4.98 Å². The summed E-state index contributed by atoms with van der Waals surface area (Å²) in [6.45, 7) is 0. The van der Waals surface area contributed by atoms with Gasteiger partial charge < -0.3 is 10.3 Å². The molecule has 3 aromatic carbocycles. The summed E-state index contributed by atoms with van der Waals surface area (Å²) in [5.74, 6) is 1.79. The summed E-state index contributed by atoms with van der Waals surface area (Å²) in [5.41, 5.74) is 2.97. The lowest BCUT2D eigenvalue weighted by Crippen LogP contribution is -2.31. The van der Waals surface area contributed by atoms with Gasteiger partial charge in [0.2, 0.25) is 5.91 Å². The van der Waals surface area contributed by atoms with Crippen LogP contribution in [0.25, 0.3) is 21.8 Å². The lowest BCUT2D eigenvalue weighted by Gasteiger charge is -2.17. The smallest absolute Gasteiger partial charge is 0.225 e. The molecule has 0 radical (unpaired) electrons. The number of para-hydroxylation sites is 2. The number of rotatable bonds is 7. The molecule has 1 heterocycles. The Hall–Kier alpha value is -2.79. The summed E-state index contributed by atoms with van der Waals surface area (Å²) in [4.78, 5) is 20.9. The predicted octanol–water partition coefficient (Wildman–Crippen LogP) is 4.87. The Morgan fingerprint density at radius 1 is 1.07 bits per heavy atom. The van der Waals surface area contributed by atoms with Crippen LogP contribution in [-0.4, -0.2) is 27.9 Å². The number of hydrogen-bond acceptors (Lipinski definition) is 3. The number of H-pyrrole nitrogens is 1. The molecule has 2 N–H and O–H groups in total. The molecule has 4 nitrogen and oxygen atoms in total. The second-order valence-corrected chi connectivity index (χ2v) is 7.84. The van der Waals surface area contributed by atoms with Crippen LogP contribution in [0.2, 0.25) is 0 Å². The van der Waals surface area contributed by atoms with Crippen molar-refractivity contribution in [2.24, 2.45) is 0 Å². The Morgan fingerprint density at radius 2 is 1.86 bits per heavy atom. The Labute approximate surface area is 168 Å². The third-order valence-corrected chi connectivity index (χ3v) is 5.56. The molecule has 0 saturated carbocycles. The molecule has 5 heteroatoms. The highest BCUT2D eigenvalue weighted by Gasteiger charge is 2.18. The lowest BCUT2D eigenvalue weighted by molar-refractivity contribution is -0.121. The number of carbonyl (C=O) groups excluding carboxylic acids is 1. The number of benzene rings is 3. The second kappa shape index (κ2) is 8.48. The van der Waals surface area contributed by atoms with E-state index in [1.807, 2.05) is 48.5 Å². The first-order valence-electron chi connectivity index (χ1n) is 9.44. The van der Waals surface area contributed by atoms with Crippen LogP contribution in [0.1, 0.15) is 23.9 Å². The van der Waals surface area contributed by atoms with E-state index < -0.39 is 0 Å². The van der Waals surface area contributed by atoms with Crippen molar-refractivity contribution in [3.8, 4) is 0 Å². The molecule has 0 bridgehead atoms. The number of amides is 1.